The second-order valence-electron chi connectivity index (χ2n) is 5.39. The molecular weight excluding hydrogens is 234 g/mol. The summed E-state index contributed by atoms with van der Waals surface area (Å²) in [6.45, 7) is 3.78. The van der Waals surface area contributed by atoms with Gasteiger partial charge in [-0.3, -0.25) is 4.79 Å². The number of rotatable bonds is 3. The lowest BCUT2D eigenvalue weighted by Gasteiger charge is -2.25. The number of thiophene rings is 1. The predicted octanol–water partition coefficient (Wildman–Crippen LogP) is 2.08. The van der Waals surface area contributed by atoms with Crippen LogP contribution in [-0.2, 0) is 12.8 Å². The first kappa shape index (κ1) is 12.6. The quantitative estimate of drug-likeness (QED) is 0.896. The van der Waals surface area contributed by atoms with E-state index in [1.54, 1.807) is 37.1 Å². The van der Waals surface area contributed by atoms with E-state index >= 15 is 0 Å². The van der Waals surface area contributed by atoms with Gasteiger partial charge in [-0.1, -0.05) is 0 Å². The maximum Gasteiger partial charge on any atom is 0.263 e. The van der Waals surface area contributed by atoms with E-state index in [2.05, 4.69) is 0 Å². The summed E-state index contributed by atoms with van der Waals surface area (Å²) < 4.78 is 0. The summed E-state index contributed by atoms with van der Waals surface area (Å²) in [5, 5.41) is 9.71. The summed E-state index contributed by atoms with van der Waals surface area (Å²) in [7, 11) is 1.74. The fourth-order valence-corrected chi connectivity index (χ4v) is 3.52. The predicted molar refractivity (Wildman–Crippen MR) is 69.6 cm³/mol. The van der Waals surface area contributed by atoms with Gasteiger partial charge in [-0.15, -0.1) is 11.3 Å². The monoisotopic (exact) mass is 253 g/mol. The van der Waals surface area contributed by atoms with Crippen molar-refractivity contribution in [2.75, 3.05) is 13.6 Å². The summed E-state index contributed by atoms with van der Waals surface area (Å²) in [6.07, 6.45) is 3.44. The van der Waals surface area contributed by atoms with Crippen LogP contribution in [0.5, 0.6) is 0 Å². The second-order valence-corrected chi connectivity index (χ2v) is 6.52. The fraction of sp³-hybridized carbons (Fsp3) is 0.615. The molecule has 1 amide bonds. The molecule has 0 fully saturated rings. The number of hydrogen-bond donors (Lipinski definition) is 1. The third-order valence-corrected chi connectivity index (χ3v) is 4.15. The molecule has 0 unspecified atom stereocenters. The molecule has 1 aliphatic rings. The van der Waals surface area contributed by atoms with Gasteiger partial charge in [0, 0.05) is 18.5 Å². The lowest BCUT2D eigenvalue weighted by atomic mass is 10.1. The Bertz CT molecular complexity index is 410. The Labute approximate surface area is 106 Å². The molecule has 0 saturated carbocycles. The van der Waals surface area contributed by atoms with Crippen molar-refractivity contribution in [3.05, 3.63) is 21.4 Å². The van der Waals surface area contributed by atoms with Crippen molar-refractivity contribution in [1.82, 2.24) is 4.90 Å². The second kappa shape index (κ2) is 4.42. The summed E-state index contributed by atoms with van der Waals surface area (Å²) in [5.41, 5.74) is 0.500. The van der Waals surface area contributed by atoms with Crippen LogP contribution in [0.2, 0.25) is 0 Å². The number of aliphatic hydroxyl groups is 1. The first-order valence-electron chi connectivity index (χ1n) is 5.96. The van der Waals surface area contributed by atoms with Gasteiger partial charge in [-0.2, -0.15) is 0 Å². The third-order valence-electron chi connectivity index (χ3n) is 2.93. The van der Waals surface area contributed by atoms with Gasteiger partial charge in [0.15, 0.2) is 0 Å². The number of carbonyl (C=O) groups is 1. The van der Waals surface area contributed by atoms with Gasteiger partial charge in [0.25, 0.3) is 5.91 Å². The van der Waals surface area contributed by atoms with Crippen LogP contribution >= 0.6 is 11.3 Å². The lowest BCUT2D eigenvalue weighted by Crippen LogP contribution is -2.39. The Morgan fingerprint density at radius 1 is 1.53 bits per heavy atom. The van der Waals surface area contributed by atoms with Gasteiger partial charge < -0.3 is 10.0 Å². The Hall–Kier alpha value is -0.870. The van der Waals surface area contributed by atoms with Gasteiger partial charge in [0.1, 0.15) is 0 Å². The summed E-state index contributed by atoms with van der Waals surface area (Å²) in [5.74, 6) is 0.0199. The largest absolute Gasteiger partial charge is 0.389 e. The Morgan fingerprint density at radius 3 is 2.82 bits per heavy atom. The van der Waals surface area contributed by atoms with Crippen molar-refractivity contribution in [3.63, 3.8) is 0 Å². The van der Waals surface area contributed by atoms with Crippen LogP contribution < -0.4 is 0 Å². The van der Waals surface area contributed by atoms with E-state index in [4.69, 9.17) is 0 Å². The average molecular weight is 253 g/mol. The minimum atomic E-state index is -0.843. The normalized spacial score (nSPS) is 14.8. The van der Waals surface area contributed by atoms with E-state index in [9.17, 15) is 9.90 Å². The highest BCUT2D eigenvalue weighted by molar-refractivity contribution is 7.14. The number of fused-ring (bicyclic) bond motifs is 1. The third kappa shape index (κ3) is 2.87. The maximum absolute atomic E-state index is 12.2. The summed E-state index contributed by atoms with van der Waals surface area (Å²) >= 11 is 1.61. The highest BCUT2D eigenvalue weighted by atomic mass is 32.1. The molecule has 1 aliphatic carbocycles. The van der Waals surface area contributed by atoms with Crippen molar-refractivity contribution >= 4 is 17.2 Å². The Balaban J connectivity index is 2.09. The van der Waals surface area contributed by atoms with Crippen molar-refractivity contribution in [2.45, 2.75) is 38.7 Å². The molecule has 0 aliphatic heterocycles. The molecule has 2 rings (SSSR count). The van der Waals surface area contributed by atoms with Crippen LogP contribution in [0.15, 0.2) is 6.07 Å². The molecule has 1 N–H and O–H groups in total. The number of carbonyl (C=O) groups excluding carboxylic acids is 1. The highest BCUT2D eigenvalue weighted by Gasteiger charge is 2.23. The van der Waals surface area contributed by atoms with E-state index in [1.807, 2.05) is 6.07 Å². The molecule has 0 bridgehead atoms. The number of nitrogens with zero attached hydrogens (tertiary/aromatic N) is 1. The van der Waals surface area contributed by atoms with Crippen LogP contribution in [0.25, 0.3) is 0 Å². The average Bonchev–Trinajstić information content (AvgIpc) is 2.72. The van der Waals surface area contributed by atoms with E-state index in [0.29, 0.717) is 6.54 Å². The Kier molecular flexibility index (Phi) is 3.27. The van der Waals surface area contributed by atoms with Crippen LogP contribution in [0, 0.1) is 0 Å². The number of amides is 1. The molecule has 0 radical (unpaired) electrons. The standard InChI is InChI=1S/C13H19NO2S/c1-13(2,16)8-14(3)12(15)11-7-9-5-4-6-10(9)17-11/h7,16H,4-6,8H2,1-3H3. The molecule has 1 aromatic rings. The van der Waals surface area contributed by atoms with Crippen molar-refractivity contribution in [2.24, 2.45) is 0 Å². The molecular formula is C13H19NO2S. The molecule has 1 aromatic heterocycles. The zero-order chi connectivity index (χ0) is 12.6. The van der Waals surface area contributed by atoms with Gasteiger partial charge in [-0.05, 0) is 44.7 Å². The molecule has 0 saturated heterocycles. The van der Waals surface area contributed by atoms with Gasteiger partial charge in [0.05, 0.1) is 10.5 Å². The zero-order valence-corrected chi connectivity index (χ0v) is 11.4. The Morgan fingerprint density at radius 2 is 2.24 bits per heavy atom. The molecule has 94 valence electrons. The minimum absolute atomic E-state index is 0.0199. The first-order valence-corrected chi connectivity index (χ1v) is 6.78. The molecule has 3 nitrogen and oxygen atoms in total. The lowest BCUT2D eigenvalue weighted by molar-refractivity contribution is 0.0370. The van der Waals surface area contributed by atoms with Crippen LogP contribution in [-0.4, -0.2) is 35.1 Å². The van der Waals surface area contributed by atoms with Crippen molar-refractivity contribution in [1.29, 1.82) is 0 Å². The minimum Gasteiger partial charge on any atom is -0.389 e. The van der Waals surface area contributed by atoms with E-state index in [-0.39, 0.29) is 5.91 Å². The van der Waals surface area contributed by atoms with Gasteiger partial charge in [-0.25, -0.2) is 0 Å². The number of aryl methyl sites for hydroxylation is 2. The van der Waals surface area contributed by atoms with Crippen LogP contribution in [0.4, 0.5) is 0 Å². The molecule has 0 atom stereocenters. The number of likely N-dealkylation sites (N-methyl/N-ethyl adjacent to an activating group) is 1. The summed E-state index contributed by atoms with van der Waals surface area (Å²) in [6, 6.07) is 2.02. The molecule has 17 heavy (non-hydrogen) atoms. The fourth-order valence-electron chi connectivity index (χ4n) is 2.27. The molecule has 1 heterocycles. The molecule has 0 spiro atoms. The topological polar surface area (TPSA) is 40.5 Å². The summed E-state index contributed by atoms with van der Waals surface area (Å²) in [4.78, 5) is 15.9. The highest BCUT2D eigenvalue weighted by Crippen LogP contribution is 2.31. The molecule has 4 heteroatoms. The van der Waals surface area contributed by atoms with Crippen LogP contribution in [0.1, 0.15) is 40.4 Å². The maximum atomic E-state index is 12.2. The van der Waals surface area contributed by atoms with Crippen molar-refractivity contribution in [3.8, 4) is 0 Å². The van der Waals surface area contributed by atoms with Gasteiger partial charge in [0.2, 0.25) is 0 Å². The van der Waals surface area contributed by atoms with Crippen molar-refractivity contribution < 1.29 is 9.90 Å². The SMILES string of the molecule is CN(CC(C)(C)O)C(=O)c1cc2c(s1)CCC2. The van der Waals surface area contributed by atoms with E-state index in [0.717, 1.165) is 17.7 Å². The van der Waals surface area contributed by atoms with E-state index in [1.165, 1.54) is 16.9 Å². The first-order chi connectivity index (χ1) is 7.87. The molecule has 0 aromatic carbocycles. The van der Waals surface area contributed by atoms with Gasteiger partial charge >= 0.3 is 0 Å². The van der Waals surface area contributed by atoms with E-state index < -0.39 is 5.60 Å². The number of hydrogen-bond acceptors (Lipinski definition) is 3. The smallest absolute Gasteiger partial charge is 0.263 e. The van der Waals surface area contributed by atoms with Crippen LogP contribution in [0.3, 0.4) is 0 Å². The zero-order valence-electron chi connectivity index (χ0n) is 10.6.